The fourth-order valence-corrected chi connectivity index (χ4v) is 4.61. The summed E-state index contributed by atoms with van der Waals surface area (Å²) in [5, 5.41) is 9.01. The predicted molar refractivity (Wildman–Crippen MR) is 105 cm³/mol. The SMILES string of the molecule is O=C1CCC(Nc2ccc(N3CCC(C4CCNCC4)CC3)nc2)C(=O)N1. The van der Waals surface area contributed by atoms with E-state index in [1.54, 1.807) is 6.20 Å². The highest BCUT2D eigenvalue weighted by atomic mass is 16.2. The number of nitrogens with one attached hydrogen (secondary N) is 3. The van der Waals surface area contributed by atoms with Gasteiger partial charge in [-0.2, -0.15) is 0 Å². The highest BCUT2D eigenvalue weighted by Gasteiger charge is 2.28. The van der Waals surface area contributed by atoms with E-state index in [0.29, 0.717) is 12.8 Å². The molecule has 3 fully saturated rings. The van der Waals surface area contributed by atoms with Gasteiger partial charge >= 0.3 is 0 Å². The third kappa shape index (κ3) is 4.40. The van der Waals surface area contributed by atoms with Gasteiger partial charge in [0.1, 0.15) is 11.9 Å². The summed E-state index contributed by atoms with van der Waals surface area (Å²) in [4.78, 5) is 30.1. The first kappa shape index (κ1) is 18.2. The number of hydrogen-bond donors (Lipinski definition) is 3. The molecule has 146 valence electrons. The van der Waals surface area contributed by atoms with E-state index >= 15 is 0 Å². The average Bonchev–Trinajstić information content (AvgIpc) is 2.71. The molecule has 3 N–H and O–H groups in total. The van der Waals surface area contributed by atoms with Crippen molar-refractivity contribution in [1.82, 2.24) is 15.6 Å². The molecule has 4 heterocycles. The number of rotatable bonds is 4. The Labute approximate surface area is 160 Å². The van der Waals surface area contributed by atoms with Gasteiger partial charge in [-0.1, -0.05) is 0 Å². The lowest BCUT2D eigenvalue weighted by molar-refractivity contribution is -0.133. The summed E-state index contributed by atoms with van der Waals surface area (Å²) in [6, 6.07) is 3.64. The second-order valence-corrected chi connectivity index (χ2v) is 7.97. The molecule has 0 spiro atoms. The van der Waals surface area contributed by atoms with Gasteiger partial charge in [0.05, 0.1) is 11.9 Å². The number of hydrogen-bond acceptors (Lipinski definition) is 6. The van der Waals surface area contributed by atoms with Crippen LogP contribution < -0.4 is 20.9 Å². The monoisotopic (exact) mass is 371 g/mol. The number of imide groups is 1. The summed E-state index contributed by atoms with van der Waals surface area (Å²) in [6.45, 7) is 4.49. The van der Waals surface area contributed by atoms with E-state index in [1.165, 1.54) is 38.8 Å². The van der Waals surface area contributed by atoms with Gasteiger partial charge < -0.3 is 15.5 Å². The third-order valence-corrected chi connectivity index (χ3v) is 6.24. The van der Waals surface area contributed by atoms with Crippen LogP contribution in [0.1, 0.15) is 38.5 Å². The first-order valence-electron chi connectivity index (χ1n) is 10.2. The molecule has 1 aromatic rings. The van der Waals surface area contributed by atoms with Crippen molar-refractivity contribution in [2.75, 3.05) is 36.4 Å². The summed E-state index contributed by atoms with van der Waals surface area (Å²) >= 11 is 0. The quantitative estimate of drug-likeness (QED) is 0.696. The van der Waals surface area contributed by atoms with Gasteiger partial charge in [-0.05, 0) is 69.2 Å². The first-order chi connectivity index (χ1) is 13.2. The van der Waals surface area contributed by atoms with Crippen molar-refractivity contribution >= 4 is 23.3 Å². The molecular weight excluding hydrogens is 342 g/mol. The minimum absolute atomic E-state index is 0.195. The van der Waals surface area contributed by atoms with Crippen LogP contribution in [0.4, 0.5) is 11.5 Å². The molecule has 3 aliphatic rings. The van der Waals surface area contributed by atoms with Gasteiger partial charge in [-0.15, -0.1) is 0 Å². The number of piperidine rings is 3. The van der Waals surface area contributed by atoms with Crippen LogP contribution in [0.25, 0.3) is 0 Å². The smallest absolute Gasteiger partial charge is 0.249 e. The standard InChI is InChI=1S/C20H29N5O2/c26-19-4-2-17(20(27)24-19)23-16-1-3-18(22-13-16)25-11-7-15(8-12-25)14-5-9-21-10-6-14/h1,3,13-15,17,21,23H,2,4-12H2,(H,24,26,27). The molecule has 0 radical (unpaired) electrons. The van der Waals surface area contributed by atoms with E-state index in [2.05, 4.69) is 25.8 Å². The lowest BCUT2D eigenvalue weighted by Crippen LogP contribution is -2.47. The van der Waals surface area contributed by atoms with Crippen LogP contribution in [0.2, 0.25) is 0 Å². The third-order valence-electron chi connectivity index (χ3n) is 6.24. The van der Waals surface area contributed by atoms with Crippen molar-refractivity contribution in [3.8, 4) is 0 Å². The lowest BCUT2D eigenvalue weighted by atomic mass is 9.79. The normalized spacial score (nSPS) is 25.3. The number of anilines is 2. The molecule has 0 aliphatic carbocycles. The molecule has 0 bridgehead atoms. The highest BCUT2D eigenvalue weighted by Crippen LogP contribution is 2.32. The molecule has 2 amide bonds. The Balaban J connectivity index is 1.29. The molecule has 3 saturated heterocycles. The zero-order valence-corrected chi connectivity index (χ0v) is 15.7. The highest BCUT2D eigenvalue weighted by molar-refractivity contribution is 6.01. The topological polar surface area (TPSA) is 86.4 Å². The van der Waals surface area contributed by atoms with Gasteiger partial charge in [0, 0.05) is 19.5 Å². The van der Waals surface area contributed by atoms with Crippen molar-refractivity contribution in [2.24, 2.45) is 11.8 Å². The molecular formula is C20H29N5O2. The second kappa shape index (κ2) is 8.25. The number of carbonyl (C=O) groups excluding carboxylic acids is 2. The number of pyridine rings is 1. The van der Waals surface area contributed by atoms with Crippen LogP contribution in [0.3, 0.4) is 0 Å². The Kier molecular flexibility index (Phi) is 5.57. The van der Waals surface area contributed by atoms with E-state index in [1.807, 2.05) is 12.1 Å². The Morgan fingerprint density at radius 2 is 1.74 bits per heavy atom. The summed E-state index contributed by atoms with van der Waals surface area (Å²) in [5.41, 5.74) is 0.817. The number of nitrogens with zero attached hydrogens (tertiary/aromatic N) is 2. The predicted octanol–water partition coefficient (Wildman–Crippen LogP) is 1.51. The molecule has 27 heavy (non-hydrogen) atoms. The summed E-state index contributed by atoms with van der Waals surface area (Å²) in [6.07, 6.45) is 7.84. The zero-order valence-electron chi connectivity index (χ0n) is 15.7. The van der Waals surface area contributed by atoms with Crippen LogP contribution in [0.5, 0.6) is 0 Å². The molecule has 0 aromatic carbocycles. The van der Waals surface area contributed by atoms with Crippen molar-refractivity contribution in [2.45, 2.75) is 44.6 Å². The van der Waals surface area contributed by atoms with Gasteiger partial charge in [0.2, 0.25) is 11.8 Å². The van der Waals surface area contributed by atoms with Crippen LogP contribution in [0.15, 0.2) is 18.3 Å². The van der Waals surface area contributed by atoms with Crippen LogP contribution in [-0.2, 0) is 9.59 Å². The van der Waals surface area contributed by atoms with E-state index in [0.717, 1.165) is 36.4 Å². The Bertz CT molecular complexity index is 663. The first-order valence-corrected chi connectivity index (χ1v) is 10.2. The number of aromatic nitrogens is 1. The zero-order chi connectivity index (χ0) is 18.6. The Hall–Kier alpha value is -2.15. The minimum Gasteiger partial charge on any atom is -0.372 e. The molecule has 7 nitrogen and oxygen atoms in total. The van der Waals surface area contributed by atoms with Crippen molar-refractivity contribution in [3.05, 3.63) is 18.3 Å². The lowest BCUT2D eigenvalue weighted by Gasteiger charge is -2.38. The molecule has 1 atom stereocenters. The van der Waals surface area contributed by atoms with Crippen LogP contribution >= 0.6 is 0 Å². The summed E-state index contributed by atoms with van der Waals surface area (Å²) in [5.74, 6) is 2.31. The van der Waals surface area contributed by atoms with E-state index in [4.69, 9.17) is 0 Å². The van der Waals surface area contributed by atoms with Crippen LogP contribution in [-0.4, -0.2) is 49.0 Å². The van der Waals surface area contributed by atoms with E-state index in [9.17, 15) is 9.59 Å². The largest absolute Gasteiger partial charge is 0.372 e. The number of carbonyl (C=O) groups is 2. The fourth-order valence-electron chi connectivity index (χ4n) is 4.61. The average molecular weight is 371 g/mol. The van der Waals surface area contributed by atoms with E-state index in [-0.39, 0.29) is 17.9 Å². The molecule has 7 heteroatoms. The van der Waals surface area contributed by atoms with Crippen LogP contribution in [0, 0.1) is 11.8 Å². The molecule has 1 unspecified atom stereocenters. The fraction of sp³-hybridized carbons (Fsp3) is 0.650. The van der Waals surface area contributed by atoms with E-state index < -0.39 is 0 Å². The van der Waals surface area contributed by atoms with Gasteiger partial charge in [-0.3, -0.25) is 14.9 Å². The maximum atomic E-state index is 11.9. The number of amides is 2. The van der Waals surface area contributed by atoms with Crippen molar-refractivity contribution < 1.29 is 9.59 Å². The molecule has 4 rings (SSSR count). The maximum Gasteiger partial charge on any atom is 0.249 e. The van der Waals surface area contributed by atoms with Gasteiger partial charge in [-0.25, -0.2) is 4.98 Å². The van der Waals surface area contributed by atoms with Gasteiger partial charge in [0.25, 0.3) is 0 Å². The Morgan fingerprint density at radius 1 is 1.00 bits per heavy atom. The maximum absolute atomic E-state index is 11.9. The summed E-state index contributed by atoms with van der Waals surface area (Å²) in [7, 11) is 0. The van der Waals surface area contributed by atoms with Crippen molar-refractivity contribution in [3.63, 3.8) is 0 Å². The van der Waals surface area contributed by atoms with Gasteiger partial charge in [0.15, 0.2) is 0 Å². The minimum atomic E-state index is -0.365. The molecule has 1 aromatic heterocycles. The summed E-state index contributed by atoms with van der Waals surface area (Å²) < 4.78 is 0. The molecule has 3 aliphatic heterocycles. The van der Waals surface area contributed by atoms with Crippen molar-refractivity contribution in [1.29, 1.82) is 0 Å². The molecule has 0 saturated carbocycles. The second-order valence-electron chi connectivity index (χ2n) is 7.97. The Morgan fingerprint density at radius 3 is 2.41 bits per heavy atom.